The normalized spacial score (nSPS) is 12.5. The van der Waals surface area contributed by atoms with Crippen molar-refractivity contribution < 1.29 is 22.7 Å². The molecule has 2 aromatic rings. The molecule has 2 aromatic carbocycles. The minimum atomic E-state index is -3.80. The fourth-order valence-electron chi connectivity index (χ4n) is 2.87. The number of sulfonamides is 1. The van der Waals surface area contributed by atoms with E-state index < -0.39 is 15.9 Å². The van der Waals surface area contributed by atoms with E-state index in [1.807, 2.05) is 25.1 Å². The van der Waals surface area contributed by atoms with Crippen LogP contribution >= 0.6 is 0 Å². The summed E-state index contributed by atoms with van der Waals surface area (Å²) in [5, 5.41) is 2.81. The van der Waals surface area contributed by atoms with E-state index in [0.717, 1.165) is 9.87 Å². The van der Waals surface area contributed by atoms with Gasteiger partial charge in [-0.2, -0.15) is 4.31 Å². The number of nitrogens with zero attached hydrogens (tertiary/aromatic N) is 1. The zero-order valence-electron chi connectivity index (χ0n) is 16.7. The maximum Gasteiger partial charge on any atom is 0.243 e. The number of ether oxygens (including phenoxy) is 2. The van der Waals surface area contributed by atoms with Crippen LogP contribution in [-0.2, 0) is 14.8 Å². The average Bonchev–Trinajstić information content (AvgIpc) is 2.67. The summed E-state index contributed by atoms with van der Waals surface area (Å²) >= 11 is 0. The molecule has 0 aliphatic heterocycles. The van der Waals surface area contributed by atoms with E-state index in [0.29, 0.717) is 17.1 Å². The number of rotatable bonds is 8. The minimum Gasteiger partial charge on any atom is -0.496 e. The Morgan fingerprint density at radius 3 is 2.36 bits per heavy atom. The smallest absolute Gasteiger partial charge is 0.243 e. The van der Waals surface area contributed by atoms with Gasteiger partial charge in [0.15, 0.2) is 0 Å². The standard InChI is InChI=1S/C20H26N2O5S/c1-14-12-16(10-11-18(14)26-4)28(24,25)22(3)13-20(23)21-15(2)17-8-6-7-9-19(17)27-5/h6-12,15H,13H2,1-5H3,(H,21,23)/t15-/m1/s1. The lowest BCUT2D eigenvalue weighted by Crippen LogP contribution is -2.39. The number of carbonyl (C=O) groups is 1. The summed E-state index contributed by atoms with van der Waals surface area (Å²) in [6, 6.07) is 11.6. The minimum absolute atomic E-state index is 0.110. The molecule has 0 saturated carbocycles. The molecule has 0 radical (unpaired) electrons. The molecule has 0 fully saturated rings. The first-order valence-corrected chi connectivity index (χ1v) is 10.2. The van der Waals surface area contributed by atoms with E-state index in [-0.39, 0.29) is 17.5 Å². The van der Waals surface area contributed by atoms with Gasteiger partial charge in [-0.1, -0.05) is 18.2 Å². The van der Waals surface area contributed by atoms with Crippen LogP contribution in [0.1, 0.15) is 24.1 Å². The van der Waals surface area contributed by atoms with Crippen LogP contribution in [0.3, 0.4) is 0 Å². The quantitative estimate of drug-likeness (QED) is 0.728. The monoisotopic (exact) mass is 406 g/mol. The average molecular weight is 407 g/mol. The lowest BCUT2D eigenvalue weighted by atomic mass is 10.1. The lowest BCUT2D eigenvalue weighted by Gasteiger charge is -2.21. The second-order valence-corrected chi connectivity index (χ2v) is 8.47. The third kappa shape index (κ3) is 4.82. The lowest BCUT2D eigenvalue weighted by molar-refractivity contribution is -0.121. The Labute approximate surface area is 166 Å². The number of hydrogen-bond acceptors (Lipinski definition) is 5. The number of aryl methyl sites for hydroxylation is 1. The molecule has 28 heavy (non-hydrogen) atoms. The van der Waals surface area contributed by atoms with Crippen molar-refractivity contribution in [3.8, 4) is 11.5 Å². The van der Waals surface area contributed by atoms with Gasteiger partial charge >= 0.3 is 0 Å². The molecule has 152 valence electrons. The van der Waals surface area contributed by atoms with Crippen molar-refractivity contribution in [2.24, 2.45) is 0 Å². The van der Waals surface area contributed by atoms with E-state index in [9.17, 15) is 13.2 Å². The molecular formula is C20H26N2O5S. The van der Waals surface area contributed by atoms with Crippen molar-refractivity contribution in [1.82, 2.24) is 9.62 Å². The van der Waals surface area contributed by atoms with Gasteiger partial charge in [-0.25, -0.2) is 8.42 Å². The Morgan fingerprint density at radius 2 is 1.75 bits per heavy atom. The van der Waals surface area contributed by atoms with Crippen LogP contribution < -0.4 is 14.8 Å². The van der Waals surface area contributed by atoms with E-state index in [2.05, 4.69) is 5.32 Å². The molecule has 1 N–H and O–H groups in total. The van der Waals surface area contributed by atoms with Gasteiger partial charge in [0.1, 0.15) is 11.5 Å². The number of nitrogens with one attached hydrogen (secondary N) is 1. The van der Waals surface area contributed by atoms with Crippen molar-refractivity contribution in [3.05, 3.63) is 53.6 Å². The van der Waals surface area contributed by atoms with Gasteiger partial charge in [-0.15, -0.1) is 0 Å². The summed E-state index contributed by atoms with van der Waals surface area (Å²) in [4.78, 5) is 12.5. The first kappa shape index (κ1) is 21.7. The summed E-state index contributed by atoms with van der Waals surface area (Å²) in [5.41, 5.74) is 1.51. The third-order valence-corrected chi connectivity index (χ3v) is 6.22. The molecule has 0 bridgehead atoms. The van der Waals surface area contributed by atoms with Gasteiger partial charge in [0.05, 0.1) is 31.7 Å². The number of benzene rings is 2. The van der Waals surface area contributed by atoms with Crippen LogP contribution in [0.2, 0.25) is 0 Å². The van der Waals surface area contributed by atoms with Gasteiger partial charge in [0, 0.05) is 12.6 Å². The molecule has 0 saturated heterocycles. The molecule has 0 heterocycles. The SMILES string of the molecule is COc1ccc(S(=O)(=O)N(C)CC(=O)N[C@H](C)c2ccccc2OC)cc1C. The zero-order valence-corrected chi connectivity index (χ0v) is 17.5. The van der Waals surface area contributed by atoms with Crippen molar-refractivity contribution in [2.75, 3.05) is 27.8 Å². The molecule has 0 unspecified atom stereocenters. The Morgan fingerprint density at radius 1 is 1.11 bits per heavy atom. The summed E-state index contributed by atoms with van der Waals surface area (Å²) in [7, 11) is 0.658. The maximum absolute atomic E-state index is 12.8. The number of amides is 1. The molecule has 7 nitrogen and oxygen atoms in total. The van der Waals surface area contributed by atoms with Crippen LogP contribution in [0.4, 0.5) is 0 Å². The van der Waals surface area contributed by atoms with Crippen LogP contribution in [0.25, 0.3) is 0 Å². The first-order chi connectivity index (χ1) is 13.2. The highest BCUT2D eigenvalue weighted by Crippen LogP contribution is 2.25. The van der Waals surface area contributed by atoms with E-state index in [1.54, 1.807) is 26.2 Å². The van der Waals surface area contributed by atoms with Gasteiger partial charge < -0.3 is 14.8 Å². The van der Waals surface area contributed by atoms with Gasteiger partial charge in [-0.05, 0) is 43.7 Å². The number of likely N-dealkylation sites (N-methyl/N-ethyl adjacent to an activating group) is 1. The van der Waals surface area contributed by atoms with Crippen LogP contribution in [0.5, 0.6) is 11.5 Å². The topological polar surface area (TPSA) is 84.9 Å². The summed E-state index contributed by atoms with van der Waals surface area (Å²) in [5.74, 6) is 0.852. The zero-order chi connectivity index (χ0) is 20.9. The number of methoxy groups -OCH3 is 2. The predicted octanol–water partition coefficient (Wildman–Crippen LogP) is 2.51. The van der Waals surface area contributed by atoms with E-state index >= 15 is 0 Å². The highest BCUT2D eigenvalue weighted by atomic mass is 32.2. The molecule has 1 atom stereocenters. The molecule has 1 amide bonds. The summed E-state index contributed by atoms with van der Waals surface area (Å²) in [6.45, 7) is 3.28. The first-order valence-electron chi connectivity index (χ1n) is 8.74. The largest absolute Gasteiger partial charge is 0.496 e. The Kier molecular flexibility index (Phi) is 7.04. The molecule has 8 heteroatoms. The highest BCUT2D eigenvalue weighted by Gasteiger charge is 2.24. The van der Waals surface area contributed by atoms with Crippen LogP contribution in [0.15, 0.2) is 47.4 Å². The summed E-state index contributed by atoms with van der Waals surface area (Å²) < 4.78 is 37.0. The molecule has 0 aliphatic rings. The van der Waals surface area contributed by atoms with Gasteiger partial charge in [0.2, 0.25) is 15.9 Å². The molecule has 0 spiro atoms. The van der Waals surface area contributed by atoms with Crippen molar-refractivity contribution in [2.45, 2.75) is 24.8 Å². The predicted molar refractivity (Wildman–Crippen MR) is 107 cm³/mol. The second-order valence-electron chi connectivity index (χ2n) is 6.42. The third-order valence-electron chi connectivity index (χ3n) is 4.42. The molecule has 0 aromatic heterocycles. The number of carbonyl (C=O) groups excluding carboxylic acids is 1. The Balaban J connectivity index is 2.09. The second kappa shape index (κ2) is 9.07. The van der Waals surface area contributed by atoms with Crippen LogP contribution in [-0.4, -0.2) is 46.4 Å². The van der Waals surface area contributed by atoms with E-state index in [1.165, 1.54) is 26.3 Å². The fourth-order valence-corrected chi connectivity index (χ4v) is 4.08. The fraction of sp³-hybridized carbons (Fsp3) is 0.350. The maximum atomic E-state index is 12.8. The van der Waals surface area contributed by atoms with Crippen molar-refractivity contribution in [1.29, 1.82) is 0 Å². The number of hydrogen-bond donors (Lipinski definition) is 1. The van der Waals surface area contributed by atoms with E-state index in [4.69, 9.17) is 9.47 Å². The summed E-state index contributed by atoms with van der Waals surface area (Å²) in [6.07, 6.45) is 0. The molecular weight excluding hydrogens is 380 g/mol. The van der Waals surface area contributed by atoms with Crippen molar-refractivity contribution >= 4 is 15.9 Å². The molecule has 2 rings (SSSR count). The van der Waals surface area contributed by atoms with Gasteiger partial charge in [-0.3, -0.25) is 4.79 Å². The van der Waals surface area contributed by atoms with Crippen molar-refractivity contribution in [3.63, 3.8) is 0 Å². The molecule has 0 aliphatic carbocycles. The Bertz CT molecular complexity index is 943. The van der Waals surface area contributed by atoms with Crippen LogP contribution in [0, 0.1) is 6.92 Å². The highest BCUT2D eigenvalue weighted by molar-refractivity contribution is 7.89. The van der Waals surface area contributed by atoms with Gasteiger partial charge in [0.25, 0.3) is 0 Å². The number of para-hydroxylation sites is 1. The Hall–Kier alpha value is -2.58.